The normalized spacial score (nSPS) is 11.2. The zero-order valence-electron chi connectivity index (χ0n) is 33.6. The van der Waals surface area contributed by atoms with Crippen molar-refractivity contribution in [2.24, 2.45) is 0 Å². The molecule has 5 heteroatoms. The number of benzene rings is 9. The van der Waals surface area contributed by atoms with Crippen molar-refractivity contribution in [2.75, 3.05) is 4.90 Å². The Balaban J connectivity index is 1.05. The van der Waals surface area contributed by atoms with Crippen LogP contribution < -0.4 is 4.90 Å². The van der Waals surface area contributed by atoms with Crippen molar-refractivity contribution in [1.29, 1.82) is 0 Å². The quantitative estimate of drug-likeness (QED) is 0.146. The van der Waals surface area contributed by atoms with Crippen LogP contribution in [-0.4, -0.2) is 15.0 Å². The minimum Gasteiger partial charge on any atom is -0.456 e. The Bertz CT molecular complexity index is 3160. The standard InChI is InChI=1S/C57H38N4O/c1-5-15-39(16-6-1)41-29-33-47(34-30-41)61(48-35-31-42(32-36-48)40-17-7-2-8-18-40)49-37-51(54-50-23-13-14-24-52(50)62-53(54)38-49)43-25-27-46(28-26-43)57-59-55(44-19-9-3-10-20-44)58-56(60-57)45-21-11-4-12-22-45/h1-38H. The second-order valence-corrected chi connectivity index (χ2v) is 15.2. The Hall–Kier alpha value is -8.41. The Morgan fingerprint density at radius 2 is 0.661 bits per heavy atom. The summed E-state index contributed by atoms with van der Waals surface area (Å²) in [5, 5.41) is 2.13. The van der Waals surface area contributed by atoms with Crippen LogP contribution in [0.25, 0.3) is 89.5 Å². The number of fused-ring (bicyclic) bond motifs is 3. The van der Waals surface area contributed by atoms with Crippen molar-refractivity contribution in [1.82, 2.24) is 15.0 Å². The van der Waals surface area contributed by atoms with Gasteiger partial charge in [0, 0.05) is 44.9 Å². The number of para-hydroxylation sites is 1. The average Bonchev–Trinajstić information content (AvgIpc) is 3.74. The maximum atomic E-state index is 6.68. The summed E-state index contributed by atoms with van der Waals surface area (Å²) >= 11 is 0. The van der Waals surface area contributed by atoms with Gasteiger partial charge in [-0.15, -0.1) is 0 Å². The largest absolute Gasteiger partial charge is 0.456 e. The lowest BCUT2D eigenvalue weighted by Gasteiger charge is -2.26. The predicted molar refractivity (Wildman–Crippen MR) is 254 cm³/mol. The molecule has 11 aromatic rings. The fraction of sp³-hybridized carbons (Fsp3) is 0. The van der Waals surface area contributed by atoms with E-state index < -0.39 is 0 Å². The van der Waals surface area contributed by atoms with Crippen LogP contribution in [0.4, 0.5) is 17.1 Å². The Morgan fingerprint density at radius 1 is 0.290 bits per heavy atom. The van der Waals surface area contributed by atoms with Crippen molar-refractivity contribution in [3.8, 4) is 67.5 Å². The summed E-state index contributed by atoms with van der Waals surface area (Å²) in [6, 6.07) is 80.0. The van der Waals surface area contributed by atoms with Crippen LogP contribution in [-0.2, 0) is 0 Å². The SMILES string of the molecule is c1ccc(-c2ccc(N(c3ccc(-c4ccccc4)cc3)c3cc(-c4ccc(-c5nc(-c6ccccc6)nc(-c6ccccc6)n5)cc4)c4c(c3)oc3ccccc34)cc2)cc1. The van der Waals surface area contributed by atoms with E-state index in [1.807, 2.05) is 72.8 Å². The zero-order valence-corrected chi connectivity index (χ0v) is 33.6. The van der Waals surface area contributed by atoms with E-state index in [1.54, 1.807) is 0 Å². The van der Waals surface area contributed by atoms with Gasteiger partial charge < -0.3 is 9.32 Å². The molecule has 2 heterocycles. The minimum absolute atomic E-state index is 0.612. The van der Waals surface area contributed by atoms with Crippen LogP contribution >= 0.6 is 0 Å². The average molecular weight is 795 g/mol. The summed E-state index contributed by atoms with van der Waals surface area (Å²) in [5.41, 5.74) is 14.3. The second-order valence-electron chi connectivity index (χ2n) is 15.2. The first-order valence-electron chi connectivity index (χ1n) is 20.8. The fourth-order valence-corrected chi connectivity index (χ4v) is 8.25. The van der Waals surface area contributed by atoms with Crippen LogP contribution in [0.2, 0.25) is 0 Å². The Labute approximate surface area is 359 Å². The number of rotatable bonds is 9. The lowest BCUT2D eigenvalue weighted by Crippen LogP contribution is -2.10. The van der Waals surface area contributed by atoms with Crippen molar-refractivity contribution >= 4 is 39.0 Å². The highest BCUT2D eigenvalue weighted by Crippen LogP contribution is 2.44. The molecule has 0 spiro atoms. The van der Waals surface area contributed by atoms with Gasteiger partial charge in [0.25, 0.3) is 0 Å². The number of anilines is 3. The third-order valence-electron chi connectivity index (χ3n) is 11.3. The lowest BCUT2D eigenvalue weighted by atomic mass is 9.96. The molecule has 2 aromatic heterocycles. The van der Waals surface area contributed by atoms with E-state index in [2.05, 4.69) is 163 Å². The van der Waals surface area contributed by atoms with Gasteiger partial charge in [-0.3, -0.25) is 0 Å². The van der Waals surface area contributed by atoms with Gasteiger partial charge in [0.05, 0.1) is 5.69 Å². The second kappa shape index (κ2) is 16.0. The van der Waals surface area contributed by atoms with Crippen LogP contribution in [0.5, 0.6) is 0 Å². The van der Waals surface area contributed by atoms with E-state index in [-0.39, 0.29) is 0 Å². The summed E-state index contributed by atoms with van der Waals surface area (Å²) in [6.07, 6.45) is 0. The van der Waals surface area contributed by atoms with Crippen LogP contribution in [0, 0.1) is 0 Å². The molecule has 11 rings (SSSR count). The zero-order chi connectivity index (χ0) is 41.2. The molecular weight excluding hydrogens is 757 g/mol. The molecule has 0 unspecified atom stereocenters. The summed E-state index contributed by atoms with van der Waals surface area (Å²) in [6.45, 7) is 0. The number of nitrogens with zero attached hydrogens (tertiary/aromatic N) is 4. The van der Waals surface area contributed by atoms with Gasteiger partial charge in [-0.25, -0.2) is 15.0 Å². The number of furan rings is 1. The monoisotopic (exact) mass is 794 g/mol. The maximum absolute atomic E-state index is 6.68. The molecule has 0 amide bonds. The maximum Gasteiger partial charge on any atom is 0.164 e. The van der Waals surface area contributed by atoms with Gasteiger partial charge in [-0.1, -0.05) is 188 Å². The van der Waals surface area contributed by atoms with Crippen LogP contribution in [0.1, 0.15) is 0 Å². The topological polar surface area (TPSA) is 55.1 Å². The molecule has 292 valence electrons. The predicted octanol–water partition coefficient (Wildman–Crippen LogP) is 15.2. The van der Waals surface area contributed by atoms with Crippen molar-refractivity contribution in [3.63, 3.8) is 0 Å². The molecule has 0 N–H and O–H groups in total. The van der Waals surface area contributed by atoms with Gasteiger partial charge in [0.15, 0.2) is 17.5 Å². The van der Waals surface area contributed by atoms with Crippen molar-refractivity contribution in [3.05, 3.63) is 231 Å². The molecule has 0 fully saturated rings. The molecule has 0 saturated carbocycles. The molecule has 62 heavy (non-hydrogen) atoms. The van der Waals surface area contributed by atoms with E-state index in [4.69, 9.17) is 19.4 Å². The van der Waals surface area contributed by atoms with Gasteiger partial charge >= 0.3 is 0 Å². The highest BCUT2D eigenvalue weighted by molar-refractivity contribution is 6.14. The number of hydrogen-bond acceptors (Lipinski definition) is 5. The molecule has 5 nitrogen and oxygen atoms in total. The van der Waals surface area contributed by atoms with Gasteiger partial charge in [0.2, 0.25) is 0 Å². The van der Waals surface area contributed by atoms with Crippen LogP contribution in [0.15, 0.2) is 235 Å². The highest BCUT2D eigenvalue weighted by Gasteiger charge is 2.21. The summed E-state index contributed by atoms with van der Waals surface area (Å²) in [7, 11) is 0. The van der Waals surface area contributed by atoms with Gasteiger partial charge in [0.1, 0.15) is 11.2 Å². The smallest absolute Gasteiger partial charge is 0.164 e. The van der Waals surface area contributed by atoms with Crippen LogP contribution in [0.3, 0.4) is 0 Å². The molecule has 0 radical (unpaired) electrons. The molecule has 9 aromatic carbocycles. The molecule has 0 bridgehead atoms. The molecule has 0 aliphatic carbocycles. The third-order valence-corrected chi connectivity index (χ3v) is 11.3. The highest BCUT2D eigenvalue weighted by atomic mass is 16.3. The molecule has 0 aliphatic rings. The van der Waals surface area contributed by atoms with Crippen molar-refractivity contribution < 1.29 is 4.42 Å². The Morgan fingerprint density at radius 3 is 1.15 bits per heavy atom. The first-order chi connectivity index (χ1) is 30.7. The molecule has 0 aliphatic heterocycles. The van der Waals surface area contributed by atoms with Gasteiger partial charge in [-0.2, -0.15) is 0 Å². The molecular formula is C57H38N4O. The van der Waals surface area contributed by atoms with E-state index in [9.17, 15) is 0 Å². The Kier molecular flexibility index (Phi) is 9.45. The van der Waals surface area contributed by atoms with E-state index >= 15 is 0 Å². The summed E-state index contributed by atoms with van der Waals surface area (Å²) in [4.78, 5) is 17.2. The van der Waals surface area contributed by atoms with Gasteiger partial charge in [-0.05, 0) is 69.8 Å². The van der Waals surface area contributed by atoms with Crippen molar-refractivity contribution in [2.45, 2.75) is 0 Å². The first-order valence-corrected chi connectivity index (χ1v) is 20.8. The summed E-state index contributed by atoms with van der Waals surface area (Å²) in [5.74, 6) is 1.87. The fourth-order valence-electron chi connectivity index (χ4n) is 8.25. The van der Waals surface area contributed by atoms with E-state index in [0.29, 0.717) is 17.5 Å². The summed E-state index contributed by atoms with van der Waals surface area (Å²) < 4.78 is 6.68. The first kappa shape index (κ1) is 36.7. The number of aromatic nitrogens is 3. The van der Waals surface area contributed by atoms with E-state index in [1.165, 1.54) is 11.1 Å². The third kappa shape index (κ3) is 7.08. The molecule has 0 atom stereocenters. The molecule has 0 saturated heterocycles. The van der Waals surface area contributed by atoms with E-state index in [0.717, 1.165) is 77.9 Å². The minimum atomic E-state index is 0.612. The lowest BCUT2D eigenvalue weighted by molar-refractivity contribution is 0.669. The number of hydrogen-bond donors (Lipinski definition) is 0.